The van der Waals surface area contributed by atoms with Crippen molar-refractivity contribution in [2.24, 2.45) is 11.3 Å². The maximum absolute atomic E-state index is 13.3. The minimum atomic E-state index is -1.26. The van der Waals surface area contributed by atoms with Crippen molar-refractivity contribution >= 4 is 35.1 Å². The lowest BCUT2D eigenvalue weighted by Gasteiger charge is -2.55. The van der Waals surface area contributed by atoms with Crippen LogP contribution in [0.5, 0.6) is 0 Å². The van der Waals surface area contributed by atoms with Gasteiger partial charge in [-0.1, -0.05) is 24.6 Å². The number of urea groups is 1. The molecular formula is C19H22ClN3O3. The van der Waals surface area contributed by atoms with Crippen LogP contribution in [0.3, 0.4) is 0 Å². The van der Waals surface area contributed by atoms with Gasteiger partial charge in [0.15, 0.2) is 5.41 Å². The van der Waals surface area contributed by atoms with Crippen LogP contribution in [0.2, 0.25) is 5.02 Å². The quantitative estimate of drug-likeness (QED) is 0.654. The summed E-state index contributed by atoms with van der Waals surface area (Å²) in [5.41, 5.74) is 0.674. The molecule has 2 saturated heterocycles. The molecule has 2 atom stereocenters. The number of hydrogen-bond acceptors (Lipinski definition) is 4. The first-order valence-electron chi connectivity index (χ1n) is 8.92. The molecule has 4 amide bonds. The average Bonchev–Trinajstić information content (AvgIpc) is 2.63. The number of hydrogen-bond donors (Lipinski definition) is 0. The van der Waals surface area contributed by atoms with Gasteiger partial charge in [-0.15, -0.1) is 0 Å². The van der Waals surface area contributed by atoms with E-state index in [1.165, 1.54) is 14.1 Å². The van der Waals surface area contributed by atoms with Crippen LogP contribution in [0.4, 0.5) is 10.5 Å². The van der Waals surface area contributed by atoms with Crippen molar-refractivity contribution < 1.29 is 14.4 Å². The molecule has 2 unspecified atom stereocenters. The highest BCUT2D eigenvalue weighted by molar-refractivity contribution is 6.31. The van der Waals surface area contributed by atoms with E-state index in [-0.39, 0.29) is 6.04 Å². The number of benzene rings is 1. The molecule has 2 fully saturated rings. The van der Waals surface area contributed by atoms with Crippen LogP contribution < -0.4 is 4.90 Å². The topological polar surface area (TPSA) is 60.9 Å². The third-order valence-corrected chi connectivity index (χ3v) is 6.44. The standard InChI is InChI=1S/C19H22ClN3O3/c1-11-6-7-23-14-9-13(20)5-4-12(14)10-19(15(23)8-11)16(24)21(2)18(26)22(3)17(19)25/h4-5,9,11,15H,6-8,10H2,1-3H3. The Labute approximate surface area is 157 Å². The van der Waals surface area contributed by atoms with Gasteiger partial charge in [-0.05, 0) is 42.9 Å². The fraction of sp³-hybridized carbons (Fsp3) is 0.526. The number of rotatable bonds is 0. The summed E-state index contributed by atoms with van der Waals surface area (Å²) < 4.78 is 0. The molecule has 3 aliphatic heterocycles. The van der Waals surface area contributed by atoms with Crippen molar-refractivity contribution in [1.29, 1.82) is 0 Å². The van der Waals surface area contributed by atoms with E-state index in [1.54, 1.807) is 6.07 Å². The lowest BCUT2D eigenvalue weighted by molar-refractivity contribution is -0.160. The van der Waals surface area contributed by atoms with Gasteiger partial charge in [-0.25, -0.2) is 4.79 Å². The Hall–Kier alpha value is -2.08. The molecule has 6 nitrogen and oxygen atoms in total. The number of imide groups is 2. The van der Waals surface area contributed by atoms with Gasteiger partial charge >= 0.3 is 6.03 Å². The predicted molar refractivity (Wildman–Crippen MR) is 98.1 cm³/mol. The van der Waals surface area contributed by atoms with E-state index in [4.69, 9.17) is 11.6 Å². The maximum Gasteiger partial charge on any atom is 0.332 e. The molecular weight excluding hydrogens is 354 g/mol. The van der Waals surface area contributed by atoms with E-state index in [1.807, 2.05) is 12.1 Å². The molecule has 3 aliphatic rings. The first-order chi connectivity index (χ1) is 12.3. The summed E-state index contributed by atoms with van der Waals surface area (Å²) >= 11 is 6.21. The molecule has 0 aliphatic carbocycles. The summed E-state index contributed by atoms with van der Waals surface area (Å²) in [6, 6.07) is 4.77. The second-order valence-corrected chi connectivity index (χ2v) is 8.21. The zero-order chi connectivity index (χ0) is 18.8. The monoisotopic (exact) mass is 375 g/mol. The van der Waals surface area contributed by atoms with E-state index in [0.29, 0.717) is 17.4 Å². The van der Waals surface area contributed by atoms with Crippen LogP contribution in [0.25, 0.3) is 0 Å². The van der Waals surface area contributed by atoms with Crippen LogP contribution in [0, 0.1) is 11.3 Å². The summed E-state index contributed by atoms with van der Waals surface area (Å²) in [6.07, 6.45) is 2.03. The minimum absolute atomic E-state index is 0.268. The molecule has 1 aromatic carbocycles. The molecule has 3 heterocycles. The Bertz CT molecular complexity index is 800. The third kappa shape index (κ3) is 2.14. The zero-order valence-corrected chi connectivity index (χ0v) is 15.9. The van der Waals surface area contributed by atoms with E-state index < -0.39 is 23.3 Å². The molecule has 1 spiro atoms. The number of anilines is 1. The third-order valence-electron chi connectivity index (χ3n) is 6.21. The molecule has 0 radical (unpaired) electrons. The first-order valence-corrected chi connectivity index (χ1v) is 9.30. The van der Waals surface area contributed by atoms with Crippen molar-refractivity contribution in [3.05, 3.63) is 28.8 Å². The highest BCUT2D eigenvalue weighted by Gasteiger charge is 2.63. The van der Waals surface area contributed by atoms with E-state index >= 15 is 0 Å². The molecule has 138 valence electrons. The number of amides is 4. The fourth-order valence-corrected chi connectivity index (χ4v) is 4.96. The van der Waals surface area contributed by atoms with Crippen molar-refractivity contribution in [2.75, 3.05) is 25.5 Å². The minimum Gasteiger partial charge on any atom is -0.367 e. The van der Waals surface area contributed by atoms with E-state index in [2.05, 4.69) is 11.8 Å². The van der Waals surface area contributed by atoms with Gasteiger partial charge < -0.3 is 4.90 Å². The lowest BCUT2D eigenvalue weighted by atomic mass is 9.64. The zero-order valence-electron chi connectivity index (χ0n) is 15.2. The normalized spacial score (nSPS) is 27.7. The van der Waals surface area contributed by atoms with Crippen LogP contribution >= 0.6 is 11.6 Å². The smallest absolute Gasteiger partial charge is 0.332 e. The second-order valence-electron chi connectivity index (χ2n) is 7.77. The number of nitrogens with zero attached hydrogens (tertiary/aromatic N) is 3. The first kappa shape index (κ1) is 17.3. The van der Waals surface area contributed by atoms with Crippen molar-refractivity contribution in [3.8, 4) is 0 Å². The van der Waals surface area contributed by atoms with Crippen LogP contribution in [-0.4, -0.2) is 54.3 Å². The molecule has 7 heteroatoms. The summed E-state index contributed by atoms with van der Waals surface area (Å²) in [5.74, 6) is -0.381. The summed E-state index contributed by atoms with van der Waals surface area (Å²) in [6.45, 7) is 2.91. The number of fused-ring (bicyclic) bond motifs is 4. The molecule has 0 aromatic heterocycles. The summed E-state index contributed by atoms with van der Waals surface area (Å²) in [4.78, 5) is 43.2. The van der Waals surface area contributed by atoms with Crippen molar-refractivity contribution in [2.45, 2.75) is 32.2 Å². The Morgan fingerprint density at radius 3 is 2.42 bits per heavy atom. The van der Waals surface area contributed by atoms with Gasteiger partial charge in [0.1, 0.15) is 0 Å². The van der Waals surface area contributed by atoms with Crippen LogP contribution in [0.1, 0.15) is 25.3 Å². The van der Waals surface area contributed by atoms with Crippen molar-refractivity contribution in [1.82, 2.24) is 9.80 Å². The Morgan fingerprint density at radius 2 is 1.77 bits per heavy atom. The highest BCUT2D eigenvalue weighted by atomic mass is 35.5. The van der Waals surface area contributed by atoms with E-state index in [9.17, 15) is 14.4 Å². The average molecular weight is 376 g/mol. The second kappa shape index (κ2) is 5.71. The number of barbiturate groups is 1. The van der Waals surface area contributed by atoms with Gasteiger partial charge in [0.05, 0.1) is 6.04 Å². The Balaban J connectivity index is 1.92. The van der Waals surface area contributed by atoms with Gasteiger partial charge in [0.25, 0.3) is 0 Å². The molecule has 1 aromatic rings. The van der Waals surface area contributed by atoms with Gasteiger partial charge in [-0.3, -0.25) is 19.4 Å². The number of carbonyl (C=O) groups is 3. The van der Waals surface area contributed by atoms with Crippen LogP contribution in [0.15, 0.2) is 18.2 Å². The maximum atomic E-state index is 13.3. The SMILES string of the molecule is CC1CCN2c3cc(Cl)ccc3CC3(C(=O)N(C)C(=O)N(C)C3=O)C2C1. The lowest BCUT2D eigenvalue weighted by Crippen LogP contribution is -2.72. The molecule has 0 N–H and O–H groups in total. The largest absolute Gasteiger partial charge is 0.367 e. The molecule has 26 heavy (non-hydrogen) atoms. The Morgan fingerprint density at radius 1 is 1.12 bits per heavy atom. The molecule has 0 saturated carbocycles. The van der Waals surface area contributed by atoms with Crippen LogP contribution in [-0.2, 0) is 16.0 Å². The van der Waals surface area contributed by atoms with Gasteiger partial charge in [0, 0.05) is 31.4 Å². The Kier molecular flexibility index (Phi) is 3.81. The van der Waals surface area contributed by atoms with Crippen molar-refractivity contribution in [3.63, 3.8) is 0 Å². The van der Waals surface area contributed by atoms with Gasteiger partial charge in [-0.2, -0.15) is 0 Å². The van der Waals surface area contributed by atoms with E-state index in [0.717, 1.165) is 40.4 Å². The number of halogens is 1. The number of piperidine rings is 1. The predicted octanol–water partition coefficient (Wildman–Crippen LogP) is 2.54. The van der Waals surface area contributed by atoms with Gasteiger partial charge in [0.2, 0.25) is 11.8 Å². The summed E-state index contributed by atoms with van der Waals surface area (Å²) in [7, 11) is 2.92. The molecule has 4 rings (SSSR count). The molecule has 0 bridgehead atoms. The summed E-state index contributed by atoms with van der Waals surface area (Å²) in [5, 5.41) is 0.641. The fourth-order valence-electron chi connectivity index (χ4n) is 4.79. The number of carbonyl (C=O) groups excluding carboxylic acids is 3. The highest BCUT2D eigenvalue weighted by Crippen LogP contribution is 2.49.